The van der Waals surface area contributed by atoms with Gasteiger partial charge in [-0.2, -0.15) is 4.31 Å². The zero-order valence-corrected chi connectivity index (χ0v) is 20.1. The van der Waals surface area contributed by atoms with Crippen LogP contribution in [0.15, 0.2) is 95.9 Å². The van der Waals surface area contributed by atoms with Gasteiger partial charge in [0.15, 0.2) is 0 Å². The number of sulfonamides is 1. The number of hydroxylamine groups is 1. The van der Waals surface area contributed by atoms with Crippen LogP contribution in [-0.2, 0) is 14.8 Å². The molecule has 1 fully saturated rings. The Morgan fingerprint density at radius 1 is 0.886 bits per heavy atom. The molecule has 35 heavy (non-hydrogen) atoms. The minimum Gasteiger partial charge on any atom is -0.300 e. The highest BCUT2D eigenvalue weighted by Gasteiger charge is 2.30. The molecule has 3 aromatic rings. The van der Waals surface area contributed by atoms with Gasteiger partial charge in [0.25, 0.3) is 5.91 Å². The molecular formula is C27H29N3O4S. The molecule has 1 aliphatic heterocycles. The SMILES string of the molecule is O=C(/C=C/c1cccc(S(=O)(=O)N2CCN(CC(c3ccccc3)c3ccccc3)CC2)c1)NO. The maximum atomic E-state index is 13.3. The molecule has 0 atom stereocenters. The number of piperazine rings is 1. The first-order chi connectivity index (χ1) is 17.0. The van der Waals surface area contributed by atoms with Crippen molar-refractivity contribution in [3.8, 4) is 0 Å². The quantitative estimate of drug-likeness (QED) is 0.287. The smallest absolute Gasteiger partial charge is 0.267 e. The van der Waals surface area contributed by atoms with E-state index in [-0.39, 0.29) is 10.8 Å². The second kappa shape index (κ2) is 11.4. The summed E-state index contributed by atoms with van der Waals surface area (Å²) < 4.78 is 28.1. The second-order valence-electron chi connectivity index (χ2n) is 8.46. The molecule has 0 unspecified atom stereocenters. The van der Waals surface area contributed by atoms with Crippen molar-refractivity contribution in [3.05, 3.63) is 108 Å². The summed E-state index contributed by atoms with van der Waals surface area (Å²) in [6.07, 6.45) is 2.59. The van der Waals surface area contributed by atoms with Gasteiger partial charge in [-0.05, 0) is 34.9 Å². The highest BCUT2D eigenvalue weighted by Crippen LogP contribution is 2.27. The van der Waals surface area contributed by atoms with Crippen molar-refractivity contribution in [2.75, 3.05) is 32.7 Å². The topological polar surface area (TPSA) is 90.0 Å². The van der Waals surface area contributed by atoms with Gasteiger partial charge in [-0.25, -0.2) is 13.9 Å². The molecule has 3 aromatic carbocycles. The van der Waals surface area contributed by atoms with Crippen molar-refractivity contribution in [1.82, 2.24) is 14.7 Å². The summed E-state index contributed by atoms with van der Waals surface area (Å²) >= 11 is 0. The minimum atomic E-state index is -3.66. The number of hydrogen-bond donors (Lipinski definition) is 2. The fourth-order valence-corrected chi connectivity index (χ4v) is 5.80. The standard InChI is InChI=1S/C27H29N3O4S/c31-27(28-32)15-14-22-8-7-13-25(20-22)35(33,34)30-18-16-29(17-19-30)21-26(23-9-3-1-4-10-23)24-11-5-2-6-12-24/h1-15,20,26,32H,16-19,21H2,(H,28,31)/b15-14+. The van der Waals surface area contributed by atoms with E-state index in [0.29, 0.717) is 31.7 Å². The maximum absolute atomic E-state index is 13.3. The van der Waals surface area contributed by atoms with Gasteiger partial charge in [0.2, 0.25) is 10.0 Å². The number of carbonyl (C=O) groups excluding carboxylic acids is 1. The number of rotatable bonds is 8. The molecule has 8 heteroatoms. The Balaban J connectivity index is 1.44. The fraction of sp³-hybridized carbons (Fsp3) is 0.222. The predicted octanol–water partition coefficient (Wildman–Crippen LogP) is 3.34. The van der Waals surface area contributed by atoms with Crippen LogP contribution in [0.5, 0.6) is 0 Å². The highest BCUT2D eigenvalue weighted by atomic mass is 32.2. The van der Waals surface area contributed by atoms with Gasteiger partial charge in [0, 0.05) is 44.7 Å². The second-order valence-corrected chi connectivity index (χ2v) is 10.4. The third-order valence-electron chi connectivity index (χ3n) is 6.21. The molecule has 0 aliphatic carbocycles. The van der Waals surface area contributed by atoms with Gasteiger partial charge >= 0.3 is 0 Å². The monoisotopic (exact) mass is 491 g/mol. The number of hydrogen-bond acceptors (Lipinski definition) is 5. The summed E-state index contributed by atoms with van der Waals surface area (Å²) in [6.45, 7) is 2.92. The number of nitrogens with zero attached hydrogens (tertiary/aromatic N) is 2. The molecule has 0 spiro atoms. The van der Waals surface area contributed by atoms with E-state index < -0.39 is 15.9 Å². The van der Waals surface area contributed by atoms with Crippen molar-refractivity contribution < 1.29 is 18.4 Å². The summed E-state index contributed by atoms with van der Waals surface area (Å²) in [4.78, 5) is 13.7. The Morgan fingerprint density at radius 2 is 1.49 bits per heavy atom. The van der Waals surface area contributed by atoms with Crippen LogP contribution in [0.25, 0.3) is 6.08 Å². The molecule has 1 amide bonds. The average Bonchev–Trinajstić information content (AvgIpc) is 2.91. The molecule has 7 nitrogen and oxygen atoms in total. The van der Waals surface area contributed by atoms with E-state index in [2.05, 4.69) is 53.4 Å². The van der Waals surface area contributed by atoms with Crippen LogP contribution >= 0.6 is 0 Å². The lowest BCUT2D eigenvalue weighted by molar-refractivity contribution is -0.124. The first-order valence-electron chi connectivity index (χ1n) is 11.5. The van der Waals surface area contributed by atoms with Crippen molar-refractivity contribution >= 4 is 22.0 Å². The van der Waals surface area contributed by atoms with Crippen LogP contribution in [0.4, 0.5) is 0 Å². The number of carbonyl (C=O) groups is 1. The molecule has 0 radical (unpaired) electrons. The van der Waals surface area contributed by atoms with E-state index in [9.17, 15) is 13.2 Å². The van der Waals surface area contributed by atoms with Crippen molar-refractivity contribution in [1.29, 1.82) is 0 Å². The molecular weight excluding hydrogens is 462 g/mol. The maximum Gasteiger partial charge on any atom is 0.267 e. The number of amides is 1. The van der Waals surface area contributed by atoms with Crippen molar-refractivity contribution in [3.63, 3.8) is 0 Å². The summed E-state index contributed by atoms with van der Waals surface area (Å²) in [5.74, 6) is -0.473. The summed E-state index contributed by atoms with van der Waals surface area (Å²) in [5.41, 5.74) is 4.56. The molecule has 4 rings (SSSR count). The van der Waals surface area contributed by atoms with E-state index in [4.69, 9.17) is 5.21 Å². The third kappa shape index (κ3) is 6.23. The average molecular weight is 492 g/mol. The van der Waals surface area contributed by atoms with Crippen LogP contribution in [-0.4, -0.2) is 61.5 Å². The van der Waals surface area contributed by atoms with Crippen LogP contribution in [0.3, 0.4) is 0 Å². The first-order valence-corrected chi connectivity index (χ1v) is 13.0. The Labute approximate surface area is 206 Å². The molecule has 2 N–H and O–H groups in total. The van der Waals surface area contributed by atoms with Gasteiger partial charge < -0.3 is 0 Å². The minimum absolute atomic E-state index is 0.184. The van der Waals surface area contributed by atoms with Gasteiger partial charge in [-0.3, -0.25) is 14.9 Å². The lowest BCUT2D eigenvalue weighted by atomic mass is 9.90. The zero-order chi connectivity index (χ0) is 24.7. The zero-order valence-electron chi connectivity index (χ0n) is 19.3. The summed E-state index contributed by atoms with van der Waals surface area (Å²) in [6, 6.07) is 27.2. The Morgan fingerprint density at radius 3 is 2.06 bits per heavy atom. The fourth-order valence-electron chi connectivity index (χ4n) is 4.32. The lowest BCUT2D eigenvalue weighted by Gasteiger charge is -2.36. The Kier molecular flexibility index (Phi) is 8.09. The van der Waals surface area contributed by atoms with Crippen LogP contribution < -0.4 is 5.48 Å². The first kappa shape index (κ1) is 24.8. The Hall–Kier alpha value is -3.30. The predicted molar refractivity (Wildman–Crippen MR) is 135 cm³/mol. The largest absolute Gasteiger partial charge is 0.300 e. The van der Waals surface area contributed by atoms with Crippen molar-refractivity contribution in [2.45, 2.75) is 10.8 Å². The number of benzene rings is 3. The molecule has 1 saturated heterocycles. The molecule has 182 valence electrons. The van der Waals surface area contributed by atoms with Crippen LogP contribution in [0.2, 0.25) is 0 Å². The van der Waals surface area contributed by atoms with Gasteiger partial charge in [0.05, 0.1) is 4.90 Å². The van der Waals surface area contributed by atoms with Gasteiger partial charge in [-0.1, -0.05) is 72.8 Å². The molecule has 0 bridgehead atoms. The Bertz CT molecular complexity index is 1220. The summed E-state index contributed by atoms with van der Waals surface area (Å²) in [7, 11) is -3.66. The van der Waals surface area contributed by atoms with Crippen molar-refractivity contribution in [2.24, 2.45) is 0 Å². The van der Waals surface area contributed by atoms with E-state index in [1.807, 2.05) is 12.1 Å². The molecule has 1 aliphatic rings. The molecule has 0 aromatic heterocycles. The van der Waals surface area contributed by atoms with Crippen LogP contribution in [0.1, 0.15) is 22.6 Å². The molecule has 0 saturated carbocycles. The molecule has 1 heterocycles. The lowest BCUT2D eigenvalue weighted by Crippen LogP contribution is -2.49. The summed E-state index contributed by atoms with van der Waals surface area (Å²) in [5, 5.41) is 8.61. The van der Waals surface area contributed by atoms with Crippen LogP contribution in [0, 0.1) is 0 Å². The van der Waals surface area contributed by atoms with E-state index in [0.717, 1.165) is 12.6 Å². The number of nitrogens with one attached hydrogen (secondary N) is 1. The van der Waals surface area contributed by atoms with Gasteiger partial charge in [-0.15, -0.1) is 0 Å². The van der Waals surface area contributed by atoms with Gasteiger partial charge in [0.1, 0.15) is 0 Å². The normalized spacial score (nSPS) is 15.5. The van der Waals surface area contributed by atoms with E-state index in [1.54, 1.807) is 18.2 Å². The van der Waals surface area contributed by atoms with E-state index >= 15 is 0 Å². The highest BCUT2D eigenvalue weighted by molar-refractivity contribution is 7.89. The third-order valence-corrected chi connectivity index (χ3v) is 8.10. The van der Waals surface area contributed by atoms with E-state index in [1.165, 1.54) is 33.1 Å².